The molecular formula is C20H20BrFN2O3. The fourth-order valence-electron chi connectivity index (χ4n) is 3.31. The molecule has 27 heavy (non-hydrogen) atoms. The number of Topliss-reactive ketones (excluding diaryl/α,β-unsaturated/α-hetero) is 1. The van der Waals surface area contributed by atoms with Crippen LogP contribution >= 0.6 is 15.9 Å². The smallest absolute Gasteiger partial charge is 0.261 e. The van der Waals surface area contributed by atoms with Crippen LogP contribution in [0.2, 0.25) is 0 Å². The third kappa shape index (κ3) is 4.35. The molecular weight excluding hydrogens is 415 g/mol. The highest BCUT2D eigenvalue weighted by atomic mass is 79.9. The van der Waals surface area contributed by atoms with E-state index < -0.39 is 11.5 Å². The highest BCUT2D eigenvalue weighted by Crippen LogP contribution is 2.33. The zero-order valence-corrected chi connectivity index (χ0v) is 16.7. The van der Waals surface area contributed by atoms with E-state index in [9.17, 15) is 18.8 Å². The minimum absolute atomic E-state index is 0.0669. The maximum Gasteiger partial charge on any atom is 0.261 e. The number of pyridine rings is 1. The van der Waals surface area contributed by atoms with E-state index in [2.05, 4.69) is 26.2 Å². The number of carbonyl (C=O) groups is 2. The molecule has 1 aliphatic carbocycles. The monoisotopic (exact) mass is 434 g/mol. The molecule has 0 fully saturated rings. The molecule has 7 heteroatoms. The first-order valence-electron chi connectivity index (χ1n) is 8.68. The van der Waals surface area contributed by atoms with Crippen LogP contribution in [-0.4, -0.2) is 23.2 Å². The molecule has 0 radical (unpaired) electrons. The molecule has 5 nitrogen and oxygen atoms in total. The number of halogens is 2. The van der Waals surface area contributed by atoms with Gasteiger partial charge in [-0.1, -0.05) is 19.9 Å². The third-order valence-corrected chi connectivity index (χ3v) is 5.25. The summed E-state index contributed by atoms with van der Waals surface area (Å²) in [5.41, 5.74) is 1.08. The van der Waals surface area contributed by atoms with Crippen LogP contribution < -0.4 is 10.9 Å². The second kappa shape index (κ2) is 7.38. The molecule has 2 aromatic rings. The minimum atomic E-state index is -0.530. The molecule has 0 saturated heterocycles. The van der Waals surface area contributed by atoms with Crippen LogP contribution in [0.5, 0.6) is 0 Å². The van der Waals surface area contributed by atoms with Crippen LogP contribution in [0.15, 0.2) is 33.5 Å². The lowest BCUT2D eigenvalue weighted by Crippen LogP contribution is -2.35. The lowest BCUT2D eigenvalue weighted by molar-refractivity contribution is 0.0910. The van der Waals surface area contributed by atoms with Crippen molar-refractivity contribution >= 4 is 27.6 Å². The van der Waals surface area contributed by atoms with Gasteiger partial charge in [0.2, 0.25) is 0 Å². The fraction of sp³-hybridized carbons (Fsp3) is 0.350. The number of rotatable bonds is 4. The van der Waals surface area contributed by atoms with Crippen LogP contribution in [0, 0.1) is 11.2 Å². The summed E-state index contributed by atoms with van der Waals surface area (Å²) in [4.78, 5) is 39.7. The molecule has 1 heterocycles. The summed E-state index contributed by atoms with van der Waals surface area (Å²) in [5, 5.41) is 2.68. The van der Waals surface area contributed by atoms with Gasteiger partial charge in [0.25, 0.3) is 11.5 Å². The summed E-state index contributed by atoms with van der Waals surface area (Å²) in [6.07, 6.45) is 1.46. The molecule has 142 valence electrons. The van der Waals surface area contributed by atoms with Gasteiger partial charge in [0.05, 0.1) is 4.47 Å². The first kappa shape index (κ1) is 19.5. The highest BCUT2D eigenvalue weighted by Gasteiger charge is 2.32. The van der Waals surface area contributed by atoms with Gasteiger partial charge in [-0.25, -0.2) is 4.39 Å². The number of hydrogen-bond donors (Lipinski definition) is 2. The molecule has 0 atom stereocenters. The summed E-state index contributed by atoms with van der Waals surface area (Å²) in [5.74, 6) is -0.947. The average molecular weight is 435 g/mol. The predicted octanol–water partition coefficient (Wildman–Crippen LogP) is 3.40. The lowest BCUT2D eigenvalue weighted by atomic mass is 9.75. The van der Waals surface area contributed by atoms with E-state index in [1.165, 1.54) is 12.1 Å². The summed E-state index contributed by atoms with van der Waals surface area (Å²) in [6, 6.07) is 6.03. The van der Waals surface area contributed by atoms with Crippen LogP contribution in [-0.2, 0) is 12.8 Å². The van der Waals surface area contributed by atoms with Gasteiger partial charge in [-0.2, -0.15) is 0 Å². The van der Waals surface area contributed by atoms with Gasteiger partial charge in [-0.3, -0.25) is 14.4 Å². The largest absolute Gasteiger partial charge is 0.352 e. The topological polar surface area (TPSA) is 79.0 Å². The standard InChI is InChI=1S/C20H20BrFN2O3/c1-20(2)9-16-12(17(25)10-20)8-13(19(27)24-16)18(26)23-6-5-11-3-4-15(22)14(21)7-11/h3-4,7-8H,5-6,9-10H2,1-2H3,(H,23,26)(H,24,27). The van der Waals surface area contributed by atoms with Crippen molar-refractivity contribution in [3.63, 3.8) is 0 Å². The summed E-state index contributed by atoms with van der Waals surface area (Å²) < 4.78 is 13.6. The Morgan fingerprint density at radius 2 is 2.00 bits per heavy atom. The zero-order chi connectivity index (χ0) is 19.8. The van der Waals surface area contributed by atoms with Crippen LogP contribution in [0.3, 0.4) is 0 Å². The molecule has 3 rings (SSSR count). The quantitative estimate of drug-likeness (QED) is 0.773. The molecule has 1 amide bonds. The number of benzene rings is 1. The molecule has 1 aromatic carbocycles. The van der Waals surface area contributed by atoms with Gasteiger partial charge in [0.15, 0.2) is 5.78 Å². The van der Waals surface area contributed by atoms with Crippen molar-refractivity contribution in [2.45, 2.75) is 33.1 Å². The van der Waals surface area contributed by atoms with Gasteiger partial charge >= 0.3 is 0 Å². The zero-order valence-electron chi connectivity index (χ0n) is 15.1. The Balaban J connectivity index is 1.72. The highest BCUT2D eigenvalue weighted by molar-refractivity contribution is 9.10. The number of hydrogen-bond acceptors (Lipinski definition) is 3. The Morgan fingerprint density at radius 3 is 2.70 bits per heavy atom. The van der Waals surface area contributed by atoms with Gasteiger partial charge in [-0.05, 0) is 57.9 Å². The summed E-state index contributed by atoms with van der Waals surface area (Å²) >= 11 is 3.12. The SMILES string of the molecule is CC1(C)CC(=O)c2cc(C(=O)NCCc3ccc(F)c(Br)c3)c(=O)[nH]c2C1. The first-order chi connectivity index (χ1) is 12.7. The molecule has 0 saturated carbocycles. The molecule has 1 aliphatic rings. The van der Waals surface area contributed by atoms with Crippen molar-refractivity contribution in [1.29, 1.82) is 0 Å². The van der Waals surface area contributed by atoms with Crippen molar-refractivity contribution in [3.05, 3.63) is 67.3 Å². The van der Waals surface area contributed by atoms with E-state index in [0.29, 0.717) is 35.0 Å². The molecule has 0 aliphatic heterocycles. The molecule has 0 spiro atoms. The maximum absolute atomic E-state index is 13.3. The number of H-pyrrole nitrogens is 1. The van der Waals surface area contributed by atoms with E-state index in [1.807, 2.05) is 13.8 Å². The Labute approximate surface area is 164 Å². The second-order valence-corrected chi connectivity index (χ2v) is 8.45. The molecule has 0 bridgehead atoms. The van der Waals surface area contributed by atoms with Crippen LogP contribution in [0.1, 0.15) is 52.2 Å². The van der Waals surface area contributed by atoms with Crippen molar-refractivity contribution in [2.24, 2.45) is 5.41 Å². The molecule has 1 aromatic heterocycles. The number of fused-ring (bicyclic) bond motifs is 1. The maximum atomic E-state index is 13.3. The molecule has 0 unspecified atom stereocenters. The van der Waals surface area contributed by atoms with Crippen molar-refractivity contribution in [3.8, 4) is 0 Å². The number of carbonyl (C=O) groups excluding carboxylic acids is 2. The van der Waals surface area contributed by atoms with Crippen LogP contribution in [0.4, 0.5) is 4.39 Å². The van der Waals surface area contributed by atoms with E-state index in [1.54, 1.807) is 12.1 Å². The Bertz CT molecular complexity index is 982. The number of nitrogens with one attached hydrogen (secondary N) is 2. The van der Waals surface area contributed by atoms with Crippen molar-refractivity contribution in [1.82, 2.24) is 10.3 Å². The Morgan fingerprint density at radius 1 is 1.26 bits per heavy atom. The van der Waals surface area contributed by atoms with Crippen molar-refractivity contribution < 1.29 is 14.0 Å². The van der Waals surface area contributed by atoms with E-state index >= 15 is 0 Å². The molecule has 2 N–H and O–H groups in total. The number of aromatic amines is 1. The summed E-state index contributed by atoms with van der Waals surface area (Å²) in [6.45, 7) is 4.23. The predicted molar refractivity (Wildman–Crippen MR) is 104 cm³/mol. The lowest BCUT2D eigenvalue weighted by Gasteiger charge is -2.29. The normalized spacial score (nSPS) is 15.3. The number of aromatic nitrogens is 1. The van der Waals surface area contributed by atoms with Gasteiger partial charge in [-0.15, -0.1) is 0 Å². The number of ketones is 1. The van der Waals surface area contributed by atoms with Gasteiger partial charge < -0.3 is 10.3 Å². The second-order valence-electron chi connectivity index (χ2n) is 7.60. The van der Waals surface area contributed by atoms with E-state index in [0.717, 1.165) is 5.56 Å². The number of amides is 1. The Kier molecular flexibility index (Phi) is 5.33. The van der Waals surface area contributed by atoms with Gasteiger partial charge in [0.1, 0.15) is 11.4 Å². The van der Waals surface area contributed by atoms with Crippen LogP contribution in [0.25, 0.3) is 0 Å². The van der Waals surface area contributed by atoms with Crippen molar-refractivity contribution in [2.75, 3.05) is 6.54 Å². The average Bonchev–Trinajstić information content (AvgIpc) is 2.56. The first-order valence-corrected chi connectivity index (χ1v) is 9.47. The third-order valence-electron chi connectivity index (χ3n) is 4.65. The van der Waals surface area contributed by atoms with E-state index in [4.69, 9.17) is 0 Å². The summed E-state index contributed by atoms with van der Waals surface area (Å²) in [7, 11) is 0. The minimum Gasteiger partial charge on any atom is -0.352 e. The van der Waals surface area contributed by atoms with Gasteiger partial charge in [0, 0.05) is 24.2 Å². The fourth-order valence-corrected chi connectivity index (χ4v) is 3.73. The van der Waals surface area contributed by atoms with E-state index in [-0.39, 0.29) is 29.1 Å². The Hall–Kier alpha value is -2.28.